The summed E-state index contributed by atoms with van der Waals surface area (Å²) in [6, 6.07) is 1.87. The van der Waals surface area contributed by atoms with Crippen molar-refractivity contribution in [3.8, 4) is 0 Å². The van der Waals surface area contributed by atoms with E-state index >= 15 is 0 Å². The normalized spacial score (nSPS) is 16.6. The maximum atomic E-state index is 12.0. The molecule has 1 saturated carbocycles. The van der Waals surface area contributed by atoms with Crippen LogP contribution in [0.2, 0.25) is 0 Å². The lowest BCUT2D eigenvalue weighted by atomic mass is 9.86. The van der Waals surface area contributed by atoms with Crippen molar-refractivity contribution in [2.24, 2.45) is 5.92 Å². The molecule has 6 nitrogen and oxygen atoms in total. The fourth-order valence-electron chi connectivity index (χ4n) is 2.02. The van der Waals surface area contributed by atoms with Gasteiger partial charge in [-0.3, -0.25) is 9.59 Å². The van der Waals surface area contributed by atoms with Gasteiger partial charge in [-0.2, -0.15) is 5.10 Å². The Morgan fingerprint density at radius 3 is 2.65 bits per heavy atom. The Balaban J connectivity index is 1.90. The minimum atomic E-state index is -0.793. The molecule has 0 aliphatic heterocycles. The molecule has 20 heavy (non-hydrogen) atoms. The first-order valence-corrected chi connectivity index (χ1v) is 7.04. The summed E-state index contributed by atoms with van der Waals surface area (Å²) in [6.07, 6.45) is 3.63. The van der Waals surface area contributed by atoms with E-state index in [2.05, 4.69) is 10.4 Å². The number of amides is 1. The van der Waals surface area contributed by atoms with E-state index in [4.69, 9.17) is 4.74 Å². The van der Waals surface area contributed by atoms with Gasteiger partial charge in [0.25, 0.3) is 5.91 Å². The predicted octanol–water partition coefficient (Wildman–Crippen LogP) is 2.13. The van der Waals surface area contributed by atoms with E-state index in [1.54, 1.807) is 23.9 Å². The predicted molar refractivity (Wildman–Crippen MR) is 74.1 cm³/mol. The highest BCUT2D eigenvalue weighted by Crippen LogP contribution is 2.27. The van der Waals surface area contributed by atoms with E-state index in [1.165, 1.54) is 0 Å². The van der Waals surface area contributed by atoms with Crippen molar-refractivity contribution >= 4 is 17.7 Å². The molecular formula is C14H21N3O3. The molecule has 1 aromatic heterocycles. The number of rotatable bonds is 5. The third kappa shape index (κ3) is 3.18. The SMILES string of the molecule is CC(C)n1nccc1NC(=O)[C@@H](C)OC(=O)C1CCC1. The van der Waals surface area contributed by atoms with E-state index in [0.29, 0.717) is 5.82 Å². The van der Waals surface area contributed by atoms with Crippen LogP contribution in [0.5, 0.6) is 0 Å². The zero-order chi connectivity index (χ0) is 14.7. The highest BCUT2D eigenvalue weighted by atomic mass is 16.5. The highest BCUT2D eigenvalue weighted by Gasteiger charge is 2.29. The molecule has 6 heteroatoms. The van der Waals surface area contributed by atoms with Crippen molar-refractivity contribution in [3.05, 3.63) is 12.3 Å². The van der Waals surface area contributed by atoms with Gasteiger partial charge in [-0.1, -0.05) is 6.42 Å². The smallest absolute Gasteiger partial charge is 0.309 e. The Morgan fingerprint density at radius 2 is 2.10 bits per heavy atom. The minimum absolute atomic E-state index is 0.0218. The van der Waals surface area contributed by atoms with Crippen molar-refractivity contribution in [2.75, 3.05) is 5.32 Å². The van der Waals surface area contributed by atoms with Gasteiger partial charge in [-0.05, 0) is 33.6 Å². The average Bonchev–Trinajstić information content (AvgIpc) is 2.74. The standard InChI is InChI=1S/C14H21N3O3/c1-9(2)17-12(7-8-15-17)16-13(18)10(3)20-14(19)11-5-4-6-11/h7-11H,4-6H2,1-3H3,(H,16,18)/t10-/m1/s1. The van der Waals surface area contributed by atoms with Crippen LogP contribution < -0.4 is 5.32 Å². The molecule has 0 bridgehead atoms. The van der Waals surface area contributed by atoms with Crippen LogP contribution in [0.15, 0.2) is 12.3 Å². The van der Waals surface area contributed by atoms with E-state index in [1.807, 2.05) is 13.8 Å². The number of nitrogens with one attached hydrogen (secondary N) is 1. The van der Waals surface area contributed by atoms with Crippen molar-refractivity contribution in [1.29, 1.82) is 0 Å². The van der Waals surface area contributed by atoms with Crippen molar-refractivity contribution in [1.82, 2.24) is 9.78 Å². The van der Waals surface area contributed by atoms with E-state index < -0.39 is 6.10 Å². The molecule has 0 unspecified atom stereocenters. The van der Waals surface area contributed by atoms with Crippen LogP contribution >= 0.6 is 0 Å². The summed E-state index contributed by atoms with van der Waals surface area (Å²) in [6.45, 7) is 5.54. The third-order valence-corrected chi connectivity index (χ3v) is 3.51. The molecule has 0 spiro atoms. The summed E-state index contributed by atoms with van der Waals surface area (Å²) in [4.78, 5) is 23.7. The molecule has 110 valence electrons. The number of nitrogens with zero attached hydrogens (tertiary/aromatic N) is 2. The molecule has 1 heterocycles. The van der Waals surface area contributed by atoms with Crippen LogP contribution in [0.25, 0.3) is 0 Å². The summed E-state index contributed by atoms with van der Waals surface area (Å²) in [7, 11) is 0. The monoisotopic (exact) mass is 279 g/mol. The highest BCUT2D eigenvalue weighted by molar-refractivity contribution is 5.94. The van der Waals surface area contributed by atoms with Gasteiger partial charge in [-0.15, -0.1) is 0 Å². The number of anilines is 1. The van der Waals surface area contributed by atoms with Gasteiger partial charge >= 0.3 is 5.97 Å². The minimum Gasteiger partial charge on any atom is -0.452 e. The fraction of sp³-hybridized carbons (Fsp3) is 0.643. The second kappa shape index (κ2) is 6.07. The number of aromatic nitrogens is 2. The first-order valence-electron chi connectivity index (χ1n) is 7.04. The van der Waals surface area contributed by atoms with Gasteiger partial charge in [0.1, 0.15) is 5.82 Å². The molecule has 1 atom stereocenters. The average molecular weight is 279 g/mol. The number of carbonyl (C=O) groups is 2. The zero-order valence-electron chi connectivity index (χ0n) is 12.1. The summed E-state index contributed by atoms with van der Waals surface area (Å²) in [5, 5.41) is 6.87. The van der Waals surface area contributed by atoms with Gasteiger partial charge in [0.15, 0.2) is 6.10 Å². The number of carbonyl (C=O) groups excluding carboxylic acids is 2. The third-order valence-electron chi connectivity index (χ3n) is 3.51. The van der Waals surface area contributed by atoms with Gasteiger partial charge in [0.05, 0.1) is 12.1 Å². The molecule has 1 aliphatic rings. The van der Waals surface area contributed by atoms with Crippen LogP contribution in [-0.2, 0) is 14.3 Å². The molecular weight excluding hydrogens is 258 g/mol. The summed E-state index contributed by atoms with van der Waals surface area (Å²) in [5.41, 5.74) is 0. The topological polar surface area (TPSA) is 73.2 Å². The maximum Gasteiger partial charge on any atom is 0.309 e. The Morgan fingerprint density at radius 1 is 1.40 bits per heavy atom. The lowest BCUT2D eigenvalue weighted by Gasteiger charge is -2.25. The van der Waals surface area contributed by atoms with Crippen LogP contribution in [-0.4, -0.2) is 27.8 Å². The second-order valence-corrected chi connectivity index (χ2v) is 5.45. The van der Waals surface area contributed by atoms with Crippen LogP contribution in [0, 0.1) is 5.92 Å². The number of hydrogen-bond acceptors (Lipinski definition) is 4. The van der Waals surface area contributed by atoms with Gasteiger partial charge in [-0.25, -0.2) is 4.68 Å². The zero-order valence-corrected chi connectivity index (χ0v) is 12.1. The molecule has 1 aliphatic carbocycles. The quantitative estimate of drug-likeness (QED) is 0.838. The molecule has 1 fully saturated rings. The molecule has 1 N–H and O–H groups in total. The molecule has 1 aromatic rings. The van der Waals surface area contributed by atoms with Crippen molar-refractivity contribution in [2.45, 2.75) is 52.2 Å². The van der Waals surface area contributed by atoms with E-state index in [-0.39, 0.29) is 23.8 Å². The first kappa shape index (κ1) is 14.6. The second-order valence-electron chi connectivity index (χ2n) is 5.45. The number of esters is 1. The van der Waals surface area contributed by atoms with Crippen molar-refractivity contribution in [3.63, 3.8) is 0 Å². The van der Waals surface area contributed by atoms with Crippen LogP contribution in [0.4, 0.5) is 5.82 Å². The Labute approximate surface area is 118 Å². The first-order chi connectivity index (χ1) is 9.49. The number of hydrogen-bond donors (Lipinski definition) is 1. The fourth-order valence-corrected chi connectivity index (χ4v) is 2.02. The summed E-state index contributed by atoms with van der Waals surface area (Å²) < 4.78 is 6.89. The molecule has 0 saturated heterocycles. The van der Waals surface area contributed by atoms with Gasteiger partial charge in [0.2, 0.25) is 0 Å². The number of ether oxygens (including phenoxy) is 1. The Bertz CT molecular complexity index is 492. The van der Waals surface area contributed by atoms with E-state index in [9.17, 15) is 9.59 Å². The maximum absolute atomic E-state index is 12.0. The van der Waals surface area contributed by atoms with Crippen LogP contribution in [0.1, 0.15) is 46.1 Å². The molecule has 2 rings (SSSR count). The van der Waals surface area contributed by atoms with Crippen LogP contribution in [0.3, 0.4) is 0 Å². The molecule has 0 aromatic carbocycles. The Kier molecular flexibility index (Phi) is 4.42. The lowest BCUT2D eigenvalue weighted by Crippen LogP contribution is -2.34. The molecule has 0 radical (unpaired) electrons. The largest absolute Gasteiger partial charge is 0.452 e. The summed E-state index contributed by atoms with van der Waals surface area (Å²) in [5.74, 6) is -0.0145. The van der Waals surface area contributed by atoms with Gasteiger partial charge < -0.3 is 10.1 Å². The van der Waals surface area contributed by atoms with E-state index in [0.717, 1.165) is 19.3 Å². The van der Waals surface area contributed by atoms with Gasteiger partial charge in [0, 0.05) is 12.1 Å². The Hall–Kier alpha value is -1.85. The lowest BCUT2D eigenvalue weighted by molar-refractivity contribution is -0.159. The summed E-state index contributed by atoms with van der Waals surface area (Å²) >= 11 is 0. The molecule has 1 amide bonds. The van der Waals surface area contributed by atoms with Crippen molar-refractivity contribution < 1.29 is 14.3 Å².